The van der Waals surface area contributed by atoms with Gasteiger partial charge in [0.25, 0.3) is 0 Å². The Hall–Kier alpha value is -2.11. The van der Waals surface area contributed by atoms with Crippen molar-refractivity contribution >= 4 is 12.4 Å². The summed E-state index contributed by atoms with van der Waals surface area (Å²) in [7, 11) is 10.8. The first-order valence-electron chi connectivity index (χ1n) is 10.8. The summed E-state index contributed by atoms with van der Waals surface area (Å²) in [6.45, 7) is 10.7. The molecule has 0 unspecified atom stereocenters. The lowest BCUT2D eigenvalue weighted by Crippen LogP contribution is -2.66. The van der Waals surface area contributed by atoms with Crippen LogP contribution in [0.4, 0.5) is 0 Å². The number of fused-ring (bicyclic) bond motifs is 1. The lowest BCUT2D eigenvalue weighted by Gasteiger charge is -2.42. The van der Waals surface area contributed by atoms with Gasteiger partial charge in [0.05, 0.1) is 14.1 Å². The molecule has 5 nitrogen and oxygen atoms in total. The van der Waals surface area contributed by atoms with Gasteiger partial charge in [0.1, 0.15) is 40.4 Å². The second-order valence-electron chi connectivity index (χ2n) is 8.50. The van der Waals surface area contributed by atoms with Crippen LogP contribution in [0.5, 0.6) is 0 Å². The molecule has 5 aliphatic heterocycles. The fraction of sp³-hybridized carbons (Fsp3) is 0.542. The van der Waals surface area contributed by atoms with Gasteiger partial charge in [-0.1, -0.05) is 19.9 Å². The highest BCUT2D eigenvalue weighted by Crippen LogP contribution is 2.31. The van der Waals surface area contributed by atoms with Crippen LogP contribution in [0.15, 0.2) is 55.0 Å². The van der Waals surface area contributed by atoms with Crippen molar-refractivity contribution < 1.29 is 22.7 Å². The quantitative estimate of drug-likeness (QED) is 0.465. The van der Waals surface area contributed by atoms with Crippen LogP contribution in [0.25, 0.3) is 0 Å². The molecule has 29 heavy (non-hydrogen) atoms. The third-order valence-electron chi connectivity index (χ3n) is 5.15. The molecule has 0 aromatic carbocycles. The monoisotopic (exact) mass is 402 g/mol. The standard InChI is InChI=1S/C6H14N2.C6H8N.2C5H8N.C2H6/c1-7-3-4-8(2,5-7)6-7;1-7-5-3-2-4-6-7;2*1-6-4-2-3-5-6;1-2/h3-6H2,1-2H3;2-6H,1H3;2,4-5H,3H2,1H3;2-4H,5H2,1H3;1-2H3/q+2;3*+1;. The molecule has 0 atom stereocenters. The molecule has 2 bridgehead atoms. The third kappa shape index (κ3) is 9.77. The number of hydrogen-bond donors (Lipinski definition) is 0. The summed E-state index contributed by atoms with van der Waals surface area (Å²) in [4.78, 5) is 0. The predicted molar refractivity (Wildman–Crippen MR) is 123 cm³/mol. The minimum atomic E-state index is 1.08. The van der Waals surface area contributed by atoms with E-state index in [1.807, 2.05) is 63.1 Å². The molecule has 3 saturated heterocycles. The summed E-state index contributed by atoms with van der Waals surface area (Å²) in [6, 6.07) is 6.00. The highest BCUT2D eigenvalue weighted by molar-refractivity contribution is 5.67. The van der Waals surface area contributed by atoms with Crippen LogP contribution in [-0.2, 0) is 7.05 Å². The normalized spacial score (nSPS) is 26.7. The summed E-state index contributed by atoms with van der Waals surface area (Å²) < 4.78 is 8.87. The molecule has 0 amide bonds. The van der Waals surface area contributed by atoms with Crippen LogP contribution in [0.3, 0.4) is 0 Å². The van der Waals surface area contributed by atoms with Crippen LogP contribution in [-0.4, -0.2) is 91.7 Å². The minimum absolute atomic E-state index is 1.08. The topological polar surface area (TPSA) is 9.90 Å². The fourth-order valence-electron chi connectivity index (χ4n) is 3.87. The van der Waals surface area contributed by atoms with E-state index < -0.39 is 0 Å². The van der Waals surface area contributed by atoms with Gasteiger partial charge in [-0.2, -0.15) is 0 Å². The average Bonchev–Trinajstić information content (AvgIpc) is 3.46. The first-order chi connectivity index (χ1) is 13.8. The maximum atomic E-state index is 2.35. The highest BCUT2D eigenvalue weighted by Gasteiger charge is 2.57. The van der Waals surface area contributed by atoms with Crippen LogP contribution < -0.4 is 4.57 Å². The number of rotatable bonds is 0. The van der Waals surface area contributed by atoms with Gasteiger partial charge in [0, 0.05) is 24.6 Å². The SMILES string of the molecule is CC.C[N+]12CC[N+](C)(C1)C2.C[N+]1=CC=CC1.C[N+]1=CCC=C1.C[n+]1ccccc1. The summed E-state index contributed by atoms with van der Waals surface area (Å²) in [6.07, 6.45) is 17.6. The van der Waals surface area contributed by atoms with Crippen molar-refractivity contribution in [1.82, 2.24) is 0 Å². The number of aryl methyl sites for hydroxylation is 1. The molecular weight excluding hydrogens is 358 g/mol. The van der Waals surface area contributed by atoms with Gasteiger partial charge in [0.15, 0.2) is 31.4 Å². The Kier molecular flexibility index (Phi) is 10.7. The van der Waals surface area contributed by atoms with Gasteiger partial charge in [-0.15, -0.1) is 0 Å². The number of aromatic nitrogens is 1. The Morgan fingerprint density at radius 3 is 1.55 bits per heavy atom. The average molecular weight is 403 g/mol. The lowest BCUT2D eigenvalue weighted by atomic mass is 10.4. The second-order valence-corrected chi connectivity index (χ2v) is 8.50. The van der Waals surface area contributed by atoms with E-state index in [1.165, 1.54) is 35.4 Å². The number of allylic oxidation sites excluding steroid dienone is 2. The summed E-state index contributed by atoms with van der Waals surface area (Å²) in [5, 5.41) is 0. The van der Waals surface area contributed by atoms with Crippen LogP contribution in [0.2, 0.25) is 0 Å². The molecule has 0 N–H and O–H groups in total. The largest absolute Gasteiger partial charge is 0.235 e. The molecule has 6 heterocycles. The molecule has 0 radical (unpaired) electrons. The number of hydrogen-bond acceptors (Lipinski definition) is 0. The fourth-order valence-corrected chi connectivity index (χ4v) is 3.87. The zero-order valence-corrected chi connectivity index (χ0v) is 19.8. The van der Waals surface area contributed by atoms with Crippen molar-refractivity contribution in [2.45, 2.75) is 20.3 Å². The molecule has 0 spiro atoms. The van der Waals surface area contributed by atoms with Gasteiger partial charge >= 0.3 is 0 Å². The van der Waals surface area contributed by atoms with Crippen molar-refractivity contribution in [3.8, 4) is 0 Å². The molecule has 3 fully saturated rings. The maximum Gasteiger partial charge on any atom is 0.216 e. The Morgan fingerprint density at radius 1 is 0.793 bits per heavy atom. The minimum Gasteiger partial charge on any atom is -0.235 e. The van der Waals surface area contributed by atoms with Crippen molar-refractivity contribution in [2.24, 2.45) is 7.05 Å². The Labute approximate surface area is 179 Å². The first kappa shape index (κ1) is 24.9. The molecule has 5 heteroatoms. The van der Waals surface area contributed by atoms with Gasteiger partial charge in [-0.25, -0.2) is 22.7 Å². The Morgan fingerprint density at radius 2 is 1.38 bits per heavy atom. The number of quaternary nitrogens is 2. The van der Waals surface area contributed by atoms with Crippen molar-refractivity contribution in [3.63, 3.8) is 0 Å². The van der Waals surface area contributed by atoms with Crippen molar-refractivity contribution in [3.05, 3.63) is 55.0 Å². The number of pyridine rings is 1. The number of nitrogens with zero attached hydrogens (tertiary/aromatic N) is 5. The highest BCUT2D eigenvalue weighted by atomic mass is 15.7. The molecule has 1 aromatic heterocycles. The Bertz CT molecular complexity index is 693. The summed E-state index contributed by atoms with van der Waals surface area (Å²) in [5.74, 6) is 0. The van der Waals surface area contributed by atoms with Crippen LogP contribution >= 0.6 is 0 Å². The lowest BCUT2D eigenvalue weighted by molar-refractivity contribution is -1.20. The maximum absolute atomic E-state index is 2.35. The zero-order chi connectivity index (χ0) is 21.8. The van der Waals surface area contributed by atoms with E-state index in [2.05, 4.69) is 67.2 Å². The zero-order valence-electron chi connectivity index (χ0n) is 19.8. The predicted octanol–water partition coefficient (Wildman–Crippen LogP) is 2.25. The van der Waals surface area contributed by atoms with E-state index in [0.717, 1.165) is 13.0 Å². The third-order valence-corrected chi connectivity index (χ3v) is 5.15. The van der Waals surface area contributed by atoms with Gasteiger partial charge in [-0.05, 0) is 12.2 Å². The van der Waals surface area contributed by atoms with Crippen LogP contribution in [0, 0.1) is 0 Å². The van der Waals surface area contributed by atoms with E-state index in [9.17, 15) is 0 Å². The van der Waals surface area contributed by atoms with Gasteiger partial charge in [-0.3, -0.25) is 0 Å². The molecule has 0 saturated carbocycles. The van der Waals surface area contributed by atoms with E-state index in [4.69, 9.17) is 0 Å². The summed E-state index contributed by atoms with van der Waals surface area (Å²) in [5.41, 5.74) is 0. The molecule has 1 aromatic rings. The second kappa shape index (κ2) is 12.5. The van der Waals surface area contributed by atoms with Crippen molar-refractivity contribution in [1.29, 1.82) is 0 Å². The van der Waals surface area contributed by atoms with E-state index in [-0.39, 0.29) is 0 Å². The molecule has 6 rings (SSSR count). The van der Waals surface area contributed by atoms with Gasteiger partial charge < -0.3 is 0 Å². The van der Waals surface area contributed by atoms with E-state index in [1.54, 1.807) is 0 Å². The smallest absolute Gasteiger partial charge is 0.216 e. The van der Waals surface area contributed by atoms with E-state index >= 15 is 0 Å². The molecular formula is C24H44N5+5. The first-order valence-corrected chi connectivity index (χ1v) is 10.8. The van der Waals surface area contributed by atoms with E-state index in [0.29, 0.717) is 0 Å². The number of likely N-dealkylation sites (N-methyl/N-ethyl adjacent to an activating group) is 3. The van der Waals surface area contributed by atoms with Gasteiger partial charge in [0.2, 0.25) is 13.3 Å². The molecule has 5 aliphatic rings. The van der Waals surface area contributed by atoms with Crippen molar-refractivity contribution in [2.75, 3.05) is 61.2 Å². The molecule has 0 aliphatic carbocycles. The van der Waals surface area contributed by atoms with Crippen LogP contribution in [0.1, 0.15) is 20.3 Å². The molecule has 160 valence electrons. The Balaban J connectivity index is 0.000000189. The summed E-state index contributed by atoms with van der Waals surface area (Å²) >= 11 is 0.